The number of aromatic nitrogens is 4. The summed E-state index contributed by atoms with van der Waals surface area (Å²) in [6.07, 6.45) is 9.91. The Bertz CT molecular complexity index is 3940. The van der Waals surface area contributed by atoms with Gasteiger partial charge < -0.3 is 4.57 Å². The first-order valence-electron chi connectivity index (χ1n) is 22.5. The Morgan fingerprint density at radius 3 is 1.65 bits per heavy atom. The average molecular weight is 831 g/mol. The van der Waals surface area contributed by atoms with Crippen molar-refractivity contribution in [3.05, 3.63) is 224 Å². The number of benzene rings is 9. The van der Waals surface area contributed by atoms with E-state index < -0.39 is 0 Å². The van der Waals surface area contributed by atoms with E-state index in [1.54, 1.807) is 0 Å². The van der Waals surface area contributed by atoms with Gasteiger partial charge in [0.2, 0.25) is 5.95 Å². The summed E-state index contributed by atoms with van der Waals surface area (Å²) in [6.45, 7) is 2.12. The van der Waals surface area contributed by atoms with Gasteiger partial charge in [-0.2, -0.15) is 0 Å². The number of hydrogen-bond acceptors (Lipinski definition) is 2. The van der Waals surface area contributed by atoms with E-state index in [2.05, 4.69) is 228 Å². The van der Waals surface area contributed by atoms with Crippen molar-refractivity contribution in [1.82, 2.24) is 19.1 Å². The molecular weight excluding hydrogens is 789 g/mol. The molecule has 4 nitrogen and oxygen atoms in total. The molecule has 0 amide bonds. The van der Waals surface area contributed by atoms with Gasteiger partial charge in [0.1, 0.15) is 0 Å². The molecule has 0 saturated carbocycles. The van der Waals surface area contributed by atoms with Crippen LogP contribution in [0.25, 0.3) is 116 Å². The van der Waals surface area contributed by atoms with Crippen LogP contribution in [0.1, 0.15) is 18.0 Å². The third kappa shape index (κ3) is 6.21. The van der Waals surface area contributed by atoms with Crippen LogP contribution < -0.4 is 0 Å². The molecule has 0 spiro atoms. The molecule has 1 unspecified atom stereocenters. The van der Waals surface area contributed by atoms with E-state index in [0.717, 1.165) is 40.0 Å². The van der Waals surface area contributed by atoms with E-state index in [1.807, 2.05) is 6.07 Å². The fourth-order valence-corrected chi connectivity index (χ4v) is 10.3. The Balaban J connectivity index is 0.880. The molecule has 1 aliphatic rings. The van der Waals surface area contributed by atoms with Gasteiger partial charge in [0.25, 0.3) is 0 Å². The maximum absolute atomic E-state index is 5.26. The normalized spacial score (nSPS) is 13.9. The molecule has 0 aliphatic heterocycles. The summed E-state index contributed by atoms with van der Waals surface area (Å²) >= 11 is 0. The Kier molecular flexibility index (Phi) is 8.53. The summed E-state index contributed by atoms with van der Waals surface area (Å²) in [6, 6.07) is 71.0. The molecule has 0 fully saturated rings. The predicted octanol–water partition coefficient (Wildman–Crippen LogP) is 16.0. The number of nitrogens with zero attached hydrogens (tertiary/aromatic N) is 4. The summed E-state index contributed by atoms with van der Waals surface area (Å²) in [7, 11) is 0. The SMILES string of the molecule is Cc1cccc(-c2cc(-c3ccccc3)nc(-n3c4ccccc4c4cc(-c5ccc6c(ccc7cc(-c8ccc9c(c8)c8ccccc8n9C8C=CC=CC8)ccc76)c5)ccc43)n2)c1. The molecular formula is C61H42N4. The minimum atomic E-state index is 0.315. The topological polar surface area (TPSA) is 35.6 Å². The minimum absolute atomic E-state index is 0.315. The van der Waals surface area contributed by atoms with E-state index >= 15 is 0 Å². The smallest absolute Gasteiger partial charge is 0.235 e. The first kappa shape index (κ1) is 37.2. The van der Waals surface area contributed by atoms with Gasteiger partial charge in [-0.15, -0.1) is 0 Å². The second-order valence-electron chi connectivity index (χ2n) is 17.4. The third-order valence-electron chi connectivity index (χ3n) is 13.5. The molecule has 65 heavy (non-hydrogen) atoms. The van der Waals surface area contributed by atoms with E-state index in [0.29, 0.717) is 12.0 Å². The Morgan fingerprint density at radius 2 is 0.954 bits per heavy atom. The van der Waals surface area contributed by atoms with Crippen molar-refractivity contribution in [3.8, 4) is 50.7 Å². The minimum Gasteiger partial charge on any atom is -0.333 e. The molecule has 4 heteroatoms. The van der Waals surface area contributed by atoms with Gasteiger partial charge >= 0.3 is 0 Å². The zero-order chi connectivity index (χ0) is 43.0. The molecule has 13 rings (SSSR count). The van der Waals surface area contributed by atoms with E-state index in [9.17, 15) is 0 Å². The van der Waals surface area contributed by atoms with Gasteiger partial charge in [-0.1, -0.05) is 163 Å². The second kappa shape index (κ2) is 14.9. The van der Waals surface area contributed by atoms with Crippen molar-refractivity contribution in [2.75, 3.05) is 0 Å². The van der Waals surface area contributed by atoms with Crippen LogP contribution in [-0.4, -0.2) is 19.1 Å². The first-order chi connectivity index (χ1) is 32.1. The van der Waals surface area contributed by atoms with Crippen molar-refractivity contribution < 1.29 is 0 Å². The summed E-state index contributed by atoms with van der Waals surface area (Å²) in [5, 5.41) is 9.91. The number of allylic oxidation sites excluding steroid dienone is 4. The van der Waals surface area contributed by atoms with Crippen LogP contribution in [0.15, 0.2) is 218 Å². The van der Waals surface area contributed by atoms with E-state index in [1.165, 1.54) is 81.9 Å². The molecule has 9 aromatic carbocycles. The second-order valence-corrected chi connectivity index (χ2v) is 17.4. The highest BCUT2D eigenvalue weighted by atomic mass is 15.2. The van der Waals surface area contributed by atoms with Gasteiger partial charge in [-0.05, 0) is 118 Å². The van der Waals surface area contributed by atoms with Gasteiger partial charge in [0.05, 0.1) is 28.5 Å². The molecule has 1 atom stereocenters. The highest BCUT2D eigenvalue weighted by Gasteiger charge is 2.20. The summed E-state index contributed by atoms with van der Waals surface area (Å²) in [5.41, 5.74) is 14.6. The van der Waals surface area contributed by atoms with Crippen molar-refractivity contribution in [2.24, 2.45) is 0 Å². The van der Waals surface area contributed by atoms with Crippen LogP contribution in [0.5, 0.6) is 0 Å². The molecule has 3 heterocycles. The Hall–Kier alpha value is -8.34. The first-order valence-corrected chi connectivity index (χ1v) is 22.5. The Morgan fingerprint density at radius 1 is 0.400 bits per heavy atom. The van der Waals surface area contributed by atoms with Crippen LogP contribution in [0, 0.1) is 6.92 Å². The number of para-hydroxylation sites is 2. The van der Waals surface area contributed by atoms with Gasteiger partial charge in [-0.3, -0.25) is 4.57 Å². The maximum Gasteiger partial charge on any atom is 0.235 e. The van der Waals surface area contributed by atoms with Gasteiger partial charge in [-0.25, -0.2) is 9.97 Å². The van der Waals surface area contributed by atoms with E-state index in [-0.39, 0.29) is 0 Å². The highest BCUT2D eigenvalue weighted by molar-refractivity contribution is 6.13. The van der Waals surface area contributed by atoms with E-state index in [4.69, 9.17) is 9.97 Å². The zero-order valence-corrected chi connectivity index (χ0v) is 35.9. The lowest BCUT2D eigenvalue weighted by Gasteiger charge is -2.18. The summed E-state index contributed by atoms with van der Waals surface area (Å²) in [5.74, 6) is 0.654. The number of fused-ring (bicyclic) bond motifs is 9. The highest BCUT2D eigenvalue weighted by Crippen LogP contribution is 2.40. The maximum atomic E-state index is 5.26. The van der Waals surface area contributed by atoms with Crippen LogP contribution >= 0.6 is 0 Å². The summed E-state index contributed by atoms with van der Waals surface area (Å²) in [4.78, 5) is 10.5. The molecule has 3 aromatic heterocycles. The van der Waals surface area contributed by atoms with Gasteiger partial charge in [0, 0.05) is 43.7 Å². The molecule has 0 N–H and O–H groups in total. The van der Waals surface area contributed by atoms with Crippen molar-refractivity contribution in [1.29, 1.82) is 0 Å². The van der Waals surface area contributed by atoms with Crippen LogP contribution in [0.3, 0.4) is 0 Å². The molecule has 306 valence electrons. The monoisotopic (exact) mass is 830 g/mol. The van der Waals surface area contributed by atoms with Crippen LogP contribution in [0.4, 0.5) is 0 Å². The standard InChI is InChI=1S/C61H42N4/c1-39-13-12-16-47(33-39)56-38-55(40-14-4-2-5-15-40)62-61(63-56)65-58-22-11-9-20-52(58)54-37-44(28-32-60(54)65)42-26-30-50-46(35-42)24-23-45-34-41(25-29-49(45)50)43-27-31-59-53(36-43)51-19-8-10-21-57(51)64(59)48-17-6-3-7-18-48/h2-17,19-38,48H,18H2,1H3. The Labute approximate surface area is 376 Å². The lowest BCUT2D eigenvalue weighted by molar-refractivity contribution is 0.648. The molecule has 12 aromatic rings. The quantitative estimate of drug-likeness (QED) is 0.157. The lowest BCUT2D eigenvalue weighted by atomic mass is 9.94. The average Bonchev–Trinajstić information content (AvgIpc) is 3.88. The fraction of sp³-hybridized carbons (Fsp3) is 0.0492. The zero-order valence-electron chi connectivity index (χ0n) is 35.9. The number of aryl methyl sites for hydroxylation is 1. The number of hydrogen-bond donors (Lipinski definition) is 0. The molecule has 1 aliphatic carbocycles. The van der Waals surface area contributed by atoms with Crippen LogP contribution in [-0.2, 0) is 0 Å². The third-order valence-corrected chi connectivity index (χ3v) is 13.5. The van der Waals surface area contributed by atoms with Crippen molar-refractivity contribution >= 4 is 65.2 Å². The largest absolute Gasteiger partial charge is 0.333 e. The van der Waals surface area contributed by atoms with Gasteiger partial charge in [0.15, 0.2) is 0 Å². The number of rotatable bonds is 6. The van der Waals surface area contributed by atoms with Crippen LogP contribution in [0.2, 0.25) is 0 Å². The summed E-state index contributed by atoms with van der Waals surface area (Å²) < 4.78 is 4.74. The van der Waals surface area contributed by atoms with Crippen molar-refractivity contribution in [2.45, 2.75) is 19.4 Å². The predicted molar refractivity (Wildman–Crippen MR) is 273 cm³/mol. The molecule has 0 saturated heterocycles. The lowest BCUT2D eigenvalue weighted by Crippen LogP contribution is -2.06. The fourth-order valence-electron chi connectivity index (χ4n) is 10.3. The van der Waals surface area contributed by atoms with Crippen molar-refractivity contribution in [3.63, 3.8) is 0 Å². The molecule has 0 bridgehead atoms. The molecule has 0 radical (unpaired) electrons.